The Morgan fingerprint density at radius 2 is 1.96 bits per heavy atom. The van der Waals surface area contributed by atoms with Crippen molar-refractivity contribution in [3.8, 4) is 0 Å². The second kappa shape index (κ2) is 7.80. The summed E-state index contributed by atoms with van der Waals surface area (Å²) in [4.78, 5) is 34.6. The first-order valence-electron chi connectivity index (χ1n) is 9.09. The number of esters is 1. The highest BCUT2D eigenvalue weighted by molar-refractivity contribution is 5.99. The van der Waals surface area contributed by atoms with Gasteiger partial charge in [-0.1, -0.05) is 12.1 Å². The zero-order valence-corrected chi connectivity index (χ0v) is 16.1. The van der Waals surface area contributed by atoms with Gasteiger partial charge in [0.25, 0.3) is 5.69 Å². The molecule has 7 nitrogen and oxygen atoms in total. The van der Waals surface area contributed by atoms with Crippen LogP contribution in [0.4, 0.5) is 5.69 Å². The number of hydrogen-bond acceptors (Lipinski definition) is 5. The highest BCUT2D eigenvalue weighted by Crippen LogP contribution is 2.38. The molecule has 1 heterocycles. The van der Waals surface area contributed by atoms with E-state index in [2.05, 4.69) is 4.57 Å². The lowest BCUT2D eigenvalue weighted by Gasteiger charge is -2.06. The number of rotatable bonds is 7. The van der Waals surface area contributed by atoms with E-state index in [0.717, 1.165) is 17.0 Å². The number of nitro benzene ring substituents is 1. The SMILES string of the molecule is Cc1ccc(C(=O)COC(=O)/C=C/c2cc(C)n(C3CC3)c2C)cc1[N+](=O)[O-]. The Bertz CT molecular complexity index is 983. The van der Waals surface area contributed by atoms with Gasteiger partial charge < -0.3 is 9.30 Å². The molecule has 1 fully saturated rings. The minimum absolute atomic E-state index is 0.136. The van der Waals surface area contributed by atoms with Crippen LogP contribution in [-0.4, -0.2) is 27.8 Å². The fourth-order valence-corrected chi connectivity index (χ4v) is 3.27. The first kappa shape index (κ1) is 19.5. The van der Waals surface area contributed by atoms with Gasteiger partial charge in [-0.15, -0.1) is 0 Å². The van der Waals surface area contributed by atoms with E-state index in [1.165, 1.54) is 37.1 Å². The zero-order valence-electron chi connectivity index (χ0n) is 16.1. The van der Waals surface area contributed by atoms with E-state index in [4.69, 9.17) is 4.74 Å². The summed E-state index contributed by atoms with van der Waals surface area (Å²) in [6, 6.07) is 6.77. The smallest absolute Gasteiger partial charge is 0.331 e. The molecular weight excluding hydrogens is 360 g/mol. The number of hydrogen-bond donors (Lipinski definition) is 0. The van der Waals surface area contributed by atoms with Crippen LogP contribution in [0.15, 0.2) is 30.3 Å². The van der Waals surface area contributed by atoms with E-state index < -0.39 is 23.3 Å². The van der Waals surface area contributed by atoms with Crippen LogP contribution in [0.1, 0.15) is 51.8 Å². The largest absolute Gasteiger partial charge is 0.454 e. The molecular formula is C21H22N2O5. The molecule has 1 aromatic carbocycles. The number of carbonyl (C=O) groups excluding carboxylic acids is 2. The monoisotopic (exact) mass is 382 g/mol. The first-order chi connectivity index (χ1) is 13.3. The van der Waals surface area contributed by atoms with Crippen LogP contribution >= 0.6 is 0 Å². The summed E-state index contributed by atoms with van der Waals surface area (Å²) in [6.07, 6.45) is 5.34. The van der Waals surface area contributed by atoms with Gasteiger partial charge in [0.15, 0.2) is 6.61 Å². The number of nitrogens with zero attached hydrogens (tertiary/aromatic N) is 2. The Hall–Kier alpha value is -3.22. The number of nitro groups is 1. The van der Waals surface area contributed by atoms with Crippen molar-refractivity contribution in [1.29, 1.82) is 0 Å². The van der Waals surface area contributed by atoms with Gasteiger partial charge in [-0.2, -0.15) is 0 Å². The maximum atomic E-state index is 12.2. The minimum atomic E-state index is -0.633. The minimum Gasteiger partial charge on any atom is -0.454 e. The van der Waals surface area contributed by atoms with Gasteiger partial charge in [0, 0.05) is 40.7 Å². The van der Waals surface area contributed by atoms with Crippen molar-refractivity contribution < 1.29 is 19.2 Å². The summed E-state index contributed by atoms with van der Waals surface area (Å²) in [7, 11) is 0. The van der Waals surface area contributed by atoms with E-state index in [1.54, 1.807) is 13.0 Å². The van der Waals surface area contributed by atoms with Gasteiger partial charge in [0.2, 0.25) is 5.78 Å². The molecule has 1 aromatic heterocycles. The zero-order chi connectivity index (χ0) is 20.4. The van der Waals surface area contributed by atoms with E-state index >= 15 is 0 Å². The Balaban J connectivity index is 1.61. The van der Waals surface area contributed by atoms with Crippen molar-refractivity contribution in [3.05, 3.63) is 68.5 Å². The molecule has 0 radical (unpaired) electrons. The number of Topliss-reactive ketones (excluding diaryl/α,β-unsaturated/α-hetero) is 1. The number of ketones is 1. The summed E-state index contributed by atoms with van der Waals surface area (Å²) >= 11 is 0. The van der Waals surface area contributed by atoms with Crippen molar-refractivity contribution >= 4 is 23.5 Å². The predicted octanol–water partition coefficient (Wildman–Crippen LogP) is 4.10. The van der Waals surface area contributed by atoms with Gasteiger partial charge in [-0.3, -0.25) is 14.9 Å². The topological polar surface area (TPSA) is 91.4 Å². The molecule has 0 aliphatic heterocycles. The fraction of sp³-hybridized carbons (Fsp3) is 0.333. The lowest BCUT2D eigenvalue weighted by molar-refractivity contribution is -0.385. The summed E-state index contributed by atoms with van der Waals surface area (Å²) in [5, 5.41) is 11.0. The molecule has 0 N–H and O–H groups in total. The third kappa shape index (κ3) is 4.19. The van der Waals surface area contributed by atoms with Crippen molar-refractivity contribution in [2.45, 2.75) is 39.7 Å². The Kier molecular flexibility index (Phi) is 5.44. The lowest BCUT2D eigenvalue weighted by atomic mass is 10.1. The maximum Gasteiger partial charge on any atom is 0.331 e. The van der Waals surface area contributed by atoms with E-state index in [9.17, 15) is 19.7 Å². The number of ether oxygens (including phenoxy) is 1. The predicted molar refractivity (Wildman–Crippen MR) is 104 cm³/mol. The molecule has 0 amide bonds. The average Bonchev–Trinajstić information content (AvgIpc) is 3.43. The fourth-order valence-electron chi connectivity index (χ4n) is 3.27. The van der Waals surface area contributed by atoms with Gasteiger partial charge in [0.05, 0.1) is 4.92 Å². The van der Waals surface area contributed by atoms with Crippen molar-refractivity contribution in [2.75, 3.05) is 6.61 Å². The lowest BCUT2D eigenvalue weighted by Crippen LogP contribution is -2.13. The van der Waals surface area contributed by atoms with Gasteiger partial charge in [0.1, 0.15) is 0 Å². The molecule has 0 atom stereocenters. The number of benzene rings is 1. The number of aryl methyl sites for hydroxylation is 2. The summed E-state index contributed by atoms with van der Waals surface area (Å²) < 4.78 is 7.27. The molecule has 0 spiro atoms. The van der Waals surface area contributed by atoms with Crippen molar-refractivity contribution in [3.63, 3.8) is 0 Å². The first-order valence-corrected chi connectivity index (χ1v) is 9.09. The summed E-state index contributed by atoms with van der Waals surface area (Å²) in [5.41, 5.74) is 3.67. The van der Waals surface area contributed by atoms with Gasteiger partial charge >= 0.3 is 5.97 Å². The van der Waals surface area contributed by atoms with Crippen LogP contribution in [0, 0.1) is 30.9 Å². The molecule has 3 rings (SSSR count). The van der Waals surface area contributed by atoms with E-state index in [0.29, 0.717) is 11.6 Å². The summed E-state index contributed by atoms with van der Waals surface area (Å²) in [5.74, 6) is -1.12. The molecule has 1 saturated carbocycles. The molecule has 28 heavy (non-hydrogen) atoms. The van der Waals surface area contributed by atoms with Crippen molar-refractivity contribution in [2.24, 2.45) is 0 Å². The molecule has 1 aliphatic carbocycles. The Morgan fingerprint density at radius 1 is 1.25 bits per heavy atom. The number of aromatic nitrogens is 1. The summed E-state index contributed by atoms with van der Waals surface area (Å²) in [6.45, 7) is 5.19. The second-order valence-corrected chi connectivity index (χ2v) is 7.05. The van der Waals surface area contributed by atoms with Crippen LogP contribution in [0.5, 0.6) is 0 Å². The van der Waals surface area contributed by atoms with Crippen molar-refractivity contribution in [1.82, 2.24) is 4.57 Å². The van der Waals surface area contributed by atoms with Gasteiger partial charge in [-0.05, 0) is 51.3 Å². The van der Waals surface area contributed by atoms with E-state index in [-0.39, 0.29) is 11.3 Å². The molecule has 146 valence electrons. The van der Waals surface area contributed by atoms with Gasteiger partial charge in [-0.25, -0.2) is 4.79 Å². The Labute approximate surface area is 162 Å². The highest BCUT2D eigenvalue weighted by atomic mass is 16.6. The standard InChI is InChI=1S/C21H22N2O5/c1-13-4-5-17(11-19(13)23(26)27)20(24)12-28-21(25)9-6-16-10-14(2)22(15(16)3)18-7-8-18/h4-6,9-11,18H,7-8,12H2,1-3H3/b9-6+. The molecule has 0 bridgehead atoms. The number of carbonyl (C=O) groups is 2. The quantitative estimate of drug-likeness (QED) is 0.236. The normalized spacial score (nSPS) is 13.7. The van der Waals surface area contributed by atoms with Crippen LogP contribution in [0.2, 0.25) is 0 Å². The highest BCUT2D eigenvalue weighted by Gasteiger charge is 2.26. The molecule has 1 aliphatic rings. The molecule has 2 aromatic rings. The molecule has 0 unspecified atom stereocenters. The third-order valence-electron chi connectivity index (χ3n) is 4.91. The second-order valence-electron chi connectivity index (χ2n) is 7.05. The van der Waals surface area contributed by atoms with Crippen LogP contribution in [0.3, 0.4) is 0 Å². The maximum absolute atomic E-state index is 12.2. The molecule has 7 heteroatoms. The van der Waals surface area contributed by atoms with Crippen LogP contribution in [0.25, 0.3) is 6.08 Å². The van der Waals surface area contributed by atoms with Crippen LogP contribution < -0.4 is 0 Å². The average molecular weight is 382 g/mol. The molecule has 0 saturated heterocycles. The Morgan fingerprint density at radius 3 is 2.61 bits per heavy atom. The van der Waals surface area contributed by atoms with Crippen LogP contribution in [-0.2, 0) is 9.53 Å². The third-order valence-corrected chi connectivity index (χ3v) is 4.91. The van der Waals surface area contributed by atoms with E-state index in [1.807, 2.05) is 19.9 Å².